The van der Waals surface area contributed by atoms with Gasteiger partial charge in [-0.2, -0.15) is 0 Å². The summed E-state index contributed by atoms with van der Waals surface area (Å²) in [5.74, 6) is 1.40. The van der Waals surface area contributed by atoms with Gasteiger partial charge >= 0.3 is 0 Å². The van der Waals surface area contributed by atoms with Crippen LogP contribution in [-0.4, -0.2) is 36.5 Å². The lowest BCUT2D eigenvalue weighted by Gasteiger charge is -2.29. The first-order chi connectivity index (χ1) is 11.8. The summed E-state index contributed by atoms with van der Waals surface area (Å²) in [5, 5.41) is 3.35. The summed E-state index contributed by atoms with van der Waals surface area (Å²) in [4.78, 5) is 15.1. The molecule has 0 aliphatic carbocycles. The van der Waals surface area contributed by atoms with E-state index in [1.807, 2.05) is 59.5 Å². The molecule has 126 valence electrons. The highest BCUT2D eigenvalue weighted by Gasteiger charge is 2.28. The van der Waals surface area contributed by atoms with E-state index in [0.29, 0.717) is 11.3 Å². The average molecular weight is 324 g/mol. The average Bonchev–Trinajstić information content (AvgIpc) is 3.15. The zero-order valence-electron chi connectivity index (χ0n) is 14.1. The van der Waals surface area contributed by atoms with Crippen LogP contribution in [0.1, 0.15) is 30.1 Å². The Morgan fingerprint density at radius 1 is 1.17 bits per heavy atom. The third-order valence-electron chi connectivity index (χ3n) is 4.29. The molecule has 1 fully saturated rings. The van der Waals surface area contributed by atoms with Gasteiger partial charge in [0.15, 0.2) is 0 Å². The zero-order valence-corrected chi connectivity index (χ0v) is 14.1. The Kier molecular flexibility index (Phi) is 5.49. The van der Waals surface area contributed by atoms with Gasteiger partial charge in [-0.1, -0.05) is 37.3 Å². The van der Waals surface area contributed by atoms with Crippen molar-refractivity contribution in [3.8, 4) is 11.5 Å². The summed E-state index contributed by atoms with van der Waals surface area (Å²) in [6.07, 6.45) is 1.96. The number of nitrogens with one attached hydrogen (secondary N) is 1. The molecule has 3 rings (SSSR count). The van der Waals surface area contributed by atoms with E-state index in [1.165, 1.54) is 0 Å². The van der Waals surface area contributed by atoms with Crippen LogP contribution >= 0.6 is 0 Å². The van der Waals surface area contributed by atoms with Crippen LogP contribution in [0.3, 0.4) is 0 Å². The second-order valence-electron chi connectivity index (χ2n) is 6.06. The normalized spacial score (nSPS) is 16.8. The monoisotopic (exact) mass is 324 g/mol. The maximum Gasteiger partial charge on any atom is 0.257 e. The Bertz CT molecular complexity index is 666. The van der Waals surface area contributed by atoms with Crippen molar-refractivity contribution < 1.29 is 9.53 Å². The number of carbonyl (C=O) groups excluding carboxylic acids is 1. The van der Waals surface area contributed by atoms with Gasteiger partial charge in [0.05, 0.1) is 5.56 Å². The van der Waals surface area contributed by atoms with Crippen LogP contribution < -0.4 is 10.1 Å². The van der Waals surface area contributed by atoms with Crippen molar-refractivity contribution in [2.24, 2.45) is 0 Å². The molecule has 0 aromatic heterocycles. The molecule has 1 amide bonds. The number of amides is 1. The highest BCUT2D eigenvalue weighted by atomic mass is 16.5. The fourth-order valence-corrected chi connectivity index (χ4v) is 3.10. The minimum atomic E-state index is 0.0529. The Hall–Kier alpha value is -2.33. The molecule has 1 heterocycles. The second-order valence-corrected chi connectivity index (χ2v) is 6.06. The van der Waals surface area contributed by atoms with Crippen molar-refractivity contribution in [3.63, 3.8) is 0 Å². The predicted octanol–water partition coefficient (Wildman–Crippen LogP) is 3.69. The summed E-state index contributed by atoms with van der Waals surface area (Å²) < 4.78 is 5.96. The largest absolute Gasteiger partial charge is 0.457 e. The highest BCUT2D eigenvalue weighted by molar-refractivity contribution is 5.97. The van der Waals surface area contributed by atoms with Crippen LogP contribution in [0.2, 0.25) is 0 Å². The molecule has 24 heavy (non-hydrogen) atoms. The number of para-hydroxylation sites is 2. The first-order valence-corrected chi connectivity index (χ1v) is 8.63. The van der Waals surface area contributed by atoms with E-state index in [9.17, 15) is 4.79 Å². The van der Waals surface area contributed by atoms with Crippen molar-refractivity contribution in [1.29, 1.82) is 0 Å². The van der Waals surface area contributed by atoms with Crippen molar-refractivity contribution in [3.05, 3.63) is 60.2 Å². The Balaban J connectivity index is 1.85. The van der Waals surface area contributed by atoms with E-state index < -0.39 is 0 Å². The molecular weight excluding hydrogens is 300 g/mol. The smallest absolute Gasteiger partial charge is 0.257 e. The van der Waals surface area contributed by atoms with Gasteiger partial charge in [0.1, 0.15) is 11.5 Å². The molecule has 0 saturated carbocycles. The van der Waals surface area contributed by atoms with Crippen molar-refractivity contribution in [2.45, 2.75) is 25.8 Å². The van der Waals surface area contributed by atoms with Crippen molar-refractivity contribution in [1.82, 2.24) is 10.2 Å². The summed E-state index contributed by atoms with van der Waals surface area (Å²) in [5.41, 5.74) is 0.627. The van der Waals surface area contributed by atoms with E-state index in [2.05, 4.69) is 12.2 Å². The number of hydrogen-bond donors (Lipinski definition) is 1. The Labute approximate surface area is 143 Å². The van der Waals surface area contributed by atoms with Crippen molar-refractivity contribution >= 4 is 5.91 Å². The first kappa shape index (κ1) is 16.5. The summed E-state index contributed by atoms with van der Waals surface area (Å²) >= 11 is 0. The van der Waals surface area contributed by atoms with E-state index in [-0.39, 0.29) is 11.9 Å². The SMILES string of the molecule is CCCN(C(=O)c1ccccc1Oc1ccccc1)[C@H]1CCNC1. The van der Waals surface area contributed by atoms with Gasteiger partial charge in [0.25, 0.3) is 5.91 Å². The van der Waals surface area contributed by atoms with Crippen LogP contribution in [0.4, 0.5) is 0 Å². The number of benzene rings is 2. The molecule has 2 aromatic rings. The van der Waals surface area contributed by atoms with Crippen LogP contribution in [0, 0.1) is 0 Å². The third kappa shape index (κ3) is 3.77. The summed E-state index contributed by atoms with van der Waals surface area (Å²) in [7, 11) is 0. The number of carbonyl (C=O) groups is 1. The van der Waals surface area contributed by atoms with Crippen LogP contribution in [-0.2, 0) is 0 Å². The fourth-order valence-electron chi connectivity index (χ4n) is 3.10. The molecule has 1 aliphatic rings. The minimum absolute atomic E-state index is 0.0529. The molecule has 1 atom stereocenters. The van der Waals surface area contributed by atoms with Gasteiger partial charge in [0.2, 0.25) is 0 Å². The lowest BCUT2D eigenvalue weighted by atomic mass is 10.1. The Morgan fingerprint density at radius 2 is 1.92 bits per heavy atom. The third-order valence-corrected chi connectivity index (χ3v) is 4.29. The highest BCUT2D eigenvalue weighted by Crippen LogP contribution is 2.27. The molecule has 0 radical (unpaired) electrons. The zero-order chi connectivity index (χ0) is 16.8. The first-order valence-electron chi connectivity index (χ1n) is 8.63. The van der Waals surface area contributed by atoms with E-state index in [0.717, 1.165) is 38.2 Å². The second kappa shape index (κ2) is 7.97. The summed E-state index contributed by atoms with van der Waals surface area (Å²) in [6.45, 7) is 4.72. The number of ether oxygens (including phenoxy) is 1. The van der Waals surface area contributed by atoms with E-state index in [1.54, 1.807) is 0 Å². The summed E-state index contributed by atoms with van der Waals surface area (Å²) in [6, 6.07) is 17.3. The molecule has 2 aromatic carbocycles. The lowest BCUT2D eigenvalue weighted by molar-refractivity contribution is 0.0689. The molecule has 1 N–H and O–H groups in total. The molecule has 4 heteroatoms. The molecule has 0 spiro atoms. The van der Waals surface area contributed by atoms with Gasteiger partial charge in [0, 0.05) is 19.1 Å². The topological polar surface area (TPSA) is 41.6 Å². The van der Waals surface area contributed by atoms with Crippen LogP contribution in [0.25, 0.3) is 0 Å². The van der Waals surface area contributed by atoms with Crippen LogP contribution in [0.5, 0.6) is 11.5 Å². The molecular formula is C20H24N2O2. The van der Waals surface area contributed by atoms with Gasteiger partial charge in [-0.3, -0.25) is 4.79 Å². The van der Waals surface area contributed by atoms with E-state index >= 15 is 0 Å². The quantitative estimate of drug-likeness (QED) is 0.881. The predicted molar refractivity (Wildman–Crippen MR) is 95.6 cm³/mol. The van der Waals surface area contributed by atoms with Gasteiger partial charge < -0.3 is 15.0 Å². The van der Waals surface area contributed by atoms with Gasteiger partial charge in [-0.25, -0.2) is 0 Å². The maximum atomic E-state index is 13.2. The molecule has 1 saturated heterocycles. The van der Waals surface area contributed by atoms with Crippen molar-refractivity contribution in [2.75, 3.05) is 19.6 Å². The van der Waals surface area contributed by atoms with Gasteiger partial charge in [-0.05, 0) is 43.7 Å². The molecule has 0 bridgehead atoms. The number of nitrogens with zero attached hydrogens (tertiary/aromatic N) is 1. The minimum Gasteiger partial charge on any atom is -0.457 e. The lowest BCUT2D eigenvalue weighted by Crippen LogP contribution is -2.42. The number of rotatable bonds is 6. The maximum absolute atomic E-state index is 13.2. The van der Waals surface area contributed by atoms with E-state index in [4.69, 9.17) is 4.74 Å². The Morgan fingerprint density at radius 3 is 2.62 bits per heavy atom. The molecule has 4 nitrogen and oxygen atoms in total. The van der Waals surface area contributed by atoms with Gasteiger partial charge in [-0.15, -0.1) is 0 Å². The standard InChI is InChI=1S/C20H24N2O2/c1-2-14-22(16-12-13-21-15-16)20(23)18-10-6-7-11-19(18)24-17-8-4-3-5-9-17/h3-11,16,21H,2,12-15H2,1H3/t16-/m0/s1. The molecule has 0 unspecified atom stereocenters. The van der Waals surface area contributed by atoms with Crippen LogP contribution in [0.15, 0.2) is 54.6 Å². The number of hydrogen-bond acceptors (Lipinski definition) is 3. The fraction of sp³-hybridized carbons (Fsp3) is 0.350. The molecule has 1 aliphatic heterocycles.